The summed E-state index contributed by atoms with van der Waals surface area (Å²) in [5.41, 5.74) is 4.12. The van der Waals surface area contributed by atoms with Crippen LogP contribution in [0.15, 0.2) is 51.7 Å². The molecule has 4 heteroatoms. The van der Waals surface area contributed by atoms with Crippen LogP contribution in [0.1, 0.15) is 16.7 Å². The van der Waals surface area contributed by atoms with Gasteiger partial charge in [0.1, 0.15) is 11.3 Å². The third kappa shape index (κ3) is 2.36. The van der Waals surface area contributed by atoms with E-state index < -0.39 is 0 Å². The van der Waals surface area contributed by atoms with Gasteiger partial charge in [-0.15, -0.1) is 0 Å². The van der Waals surface area contributed by atoms with Crippen LogP contribution < -0.4 is 15.3 Å². The summed E-state index contributed by atoms with van der Waals surface area (Å²) in [6.07, 6.45) is 0. The zero-order valence-corrected chi connectivity index (χ0v) is 13.1. The van der Waals surface area contributed by atoms with Crippen LogP contribution in [0.5, 0.6) is 5.75 Å². The molecule has 0 radical (unpaired) electrons. The molecular formula is C19H17NO3. The van der Waals surface area contributed by atoms with E-state index in [0.29, 0.717) is 30.2 Å². The second kappa shape index (κ2) is 5.16. The van der Waals surface area contributed by atoms with E-state index in [2.05, 4.69) is 19.1 Å². The van der Waals surface area contributed by atoms with E-state index in [1.54, 1.807) is 0 Å². The van der Waals surface area contributed by atoms with Gasteiger partial charge in [-0.3, -0.25) is 0 Å². The molecule has 0 bridgehead atoms. The molecule has 1 aliphatic heterocycles. The standard InChI is InChI=1S/C19H17NO3/c1-12-3-6-14(7-4-12)20-10-16-18(22-11-20)15-8-5-13(2)9-17(15)23-19(16)21/h3-9H,10-11H2,1-2H3. The van der Waals surface area contributed by atoms with Gasteiger partial charge in [0, 0.05) is 5.69 Å². The first-order chi connectivity index (χ1) is 11.1. The molecule has 0 unspecified atom stereocenters. The topological polar surface area (TPSA) is 42.7 Å². The molecular weight excluding hydrogens is 290 g/mol. The van der Waals surface area contributed by atoms with E-state index in [9.17, 15) is 4.79 Å². The van der Waals surface area contributed by atoms with Crippen molar-refractivity contribution >= 4 is 16.7 Å². The van der Waals surface area contributed by atoms with Gasteiger partial charge in [-0.25, -0.2) is 4.79 Å². The van der Waals surface area contributed by atoms with Crippen LogP contribution in [0, 0.1) is 13.8 Å². The van der Waals surface area contributed by atoms with Crippen molar-refractivity contribution in [1.82, 2.24) is 0 Å². The van der Waals surface area contributed by atoms with E-state index in [-0.39, 0.29) is 5.63 Å². The van der Waals surface area contributed by atoms with Gasteiger partial charge in [-0.1, -0.05) is 23.8 Å². The van der Waals surface area contributed by atoms with Crippen LogP contribution in [-0.2, 0) is 6.54 Å². The van der Waals surface area contributed by atoms with E-state index in [1.807, 2.05) is 42.2 Å². The summed E-state index contributed by atoms with van der Waals surface area (Å²) in [5.74, 6) is 0.652. The average Bonchev–Trinajstić information content (AvgIpc) is 2.55. The van der Waals surface area contributed by atoms with Crippen LogP contribution in [0.4, 0.5) is 5.69 Å². The predicted molar refractivity (Wildman–Crippen MR) is 90.1 cm³/mol. The Balaban J connectivity index is 1.79. The molecule has 0 atom stereocenters. The molecule has 2 heterocycles. The Morgan fingerprint density at radius 2 is 1.74 bits per heavy atom. The second-order valence-electron chi connectivity index (χ2n) is 6.00. The van der Waals surface area contributed by atoms with Gasteiger partial charge in [0.25, 0.3) is 0 Å². The van der Waals surface area contributed by atoms with Crippen LogP contribution in [0.2, 0.25) is 0 Å². The van der Waals surface area contributed by atoms with Gasteiger partial charge in [0.05, 0.1) is 17.5 Å². The lowest BCUT2D eigenvalue weighted by Crippen LogP contribution is -2.34. The molecule has 1 aromatic heterocycles. The number of rotatable bonds is 1. The normalized spacial score (nSPS) is 13.7. The minimum absolute atomic E-state index is 0.324. The molecule has 0 N–H and O–H groups in total. The molecule has 0 aliphatic carbocycles. The highest BCUT2D eigenvalue weighted by molar-refractivity contribution is 5.85. The average molecular weight is 307 g/mol. The third-order valence-corrected chi connectivity index (χ3v) is 4.22. The van der Waals surface area contributed by atoms with Crippen molar-refractivity contribution in [2.75, 3.05) is 11.6 Å². The van der Waals surface area contributed by atoms with Gasteiger partial charge in [-0.2, -0.15) is 0 Å². The highest BCUT2D eigenvalue weighted by atomic mass is 16.5. The predicted octanol–water partition coefficient (Wildman–Crippen LogP) is 3.77. The summed E-state index contributed by atoms with van der Waals surface area (Å²) in [5, 5.41) is 0.855. The number of aryl methyl sites for hydroxylation is 2. The summed E-state index contributed by atoms with van der Waals surface area (Å²) < 4.78 is 11.4. The zero-order valence-electron chi connectivity index (χ0n) is 13.1. The molecule has 0 saturated carbocycles. The summed E-state index contributed by atoms with van der Waals surface area (Å²) in [6, 6.07) is 14.0. The molecule has 23 heavy (non-hydrogen) atoms. The third-order valence-electron chi connectivity index (χ3n) is 4.22. The van der Waals surface area contributed by atoms with Crippen molar-refractivity contribution in [2.45, 2.75) is 20.4 Å². The highest BCUT2D eigenvalue weighted by Gasteiger charge is 2.24. The van der Waals surface area contributed by atoms with Crippen molar-refractivity contribution in [3.63, 3.8) is 0 Å². The lowest BCUT2D eigenvalue weighted by atomic mass is 10.1. The first-order valence-corrected chi connectivity index (χ1v) is 7.62. The molecule has 4 nitrogen and oxygen atoms in total. The molecule has 2 aromatic carbocycles. The lowest BCUT2D eigenvalue weighted by molar-refractivity contribution is 0.287. The highest BCUT2D eigenvalue weighted by Crippen LogP contribution is 2.33. The van der Waals surface area contributed by atoms with E-state index in [1.165, 1.54) is 5.56 Å². The number of ether oxygens (including phenoxy) is 1. The number of nitrogens with zero attached hydrogens (tertiary/aromatic N) is 1. The summed E-state index contributed by atoms with van der Waals surface area (Å²) in [6.45, 7) is 4.93. The minimum Gasteiger partial charge on any atom is -0.472 e. The number of fused-ring (bicyclic) bond motifs is 3. The molecule has 0 saturated heterocycles. The fourth-order valence-corrected chi connectivity index (χ4v) is 2.92. The van der Waals surface area contributed by atoms with Crippen LogP contribution in [-0.4, -0.2) is 6.73 Å². The molecule has 3 aromatic rings. The smallest absolute Gasteiger partial charge is 0.345 e. The number of anilines is 1. The van der Waals surface area contributed by atoms with Gasteiger partial charge in [-0.05, 0) is 43.7 Å². The maximum Gasteiger partial charge on any atom is 0.345 e. The first kappa shape index (κ1) is 13.9. The number of hydrogen-bond donors (Lipinski definition) is 0. The Morgan fingerprint density at radius 3 is 2.52 bits per heavy atom. The largest absolute Gasteiger partial charge is 0.472 e. The van der Waals surface area contributed by atoms with Crippen molar-refractivity contribution in [3.05, 3.63) is 69.6 Å². The van der Waals surface area contributed by atoms with E-state index >= 15 is 0 Å². The lowest BCUT2D eigenvalue weighted by Gasteiger charge is -2.30. The minimum atomic E-state index is -0.324. The monoisotopic (exact) mass is 307 g/mol. The van der Waals surface area contributed by atoms with Crippen LogP contribution in [0.3, 0.4) is 0 Å². The molecule has 0 spiro atoms. The van der Waals surface area contributed by atoms with Gasteiger partial charge < -0.3 is 14.1 Å². The zero-order chi connectivity index (χ0) is 16.0. The Bertz CT molecular complexity index is 941. The molecule has 0 fully saturated rings. The summed E-state index contributed by atoms with van der Waals surface area (Å²) >= 11 is 0. The van der Waals surface area contributed by atoms with E-state index in [0.717, 1.165) is 16.6 Å². The second-order valence-corrected chi connectivity index (χ2v) is 6.00. The summed E-state index contributed by atoms with van der Waals surface area (Å²) in [4.78, 5) is 14.4. The molecule has 4 rings (SSSR count). The summed E-state index contributed by atoms with van der Waals surface area (Å²) in [7, 11) is 0. The molecule has 0 amide bonds. The van der Waals surface area contributed by atoms with E-state index in [4.69, 9.17) is 9.15 Å². The Kier molecular flexibility index (Phi) is 3.11. The maximum atomic E-state index is 12.3. The maximum absolute atomic E-state index is 12.3. The first-order valence-electron chi connectivity index (χ1n) is 7.62. The Labute approximate surface area is 133 Å². The van der Waals surface area contributed by atoms with Gasteiger partial charge >= 0.3 is 5.63 Å². The fourth-order valence-electron chi connectivity index (χ4n) is 2.92. The molecule has 116 valence electrons. The van der Waals surface area contributed by atoms with Crippen molar-refractivity contribution < 1.29 is 9.15 Å². The van der Waals surface area contributed by atoms with Gasteiger partial charge in [0.15, 0.2) is 6.73 Å². The fraction of sp³-hybridized carbons (Fsp3) is 0.211. The van der Waals surface area contributed by atoms with Crippen molar-refractivity contribution in [1.29, 1.82) is 0 Å². The van der Waals surface area contributed by atoms with Crippen LogP contribution in [0.25, 0.3) is 11.0 Å². The number of benzene rings is 2. The van der Waals surface area contributed by atoms with Crippen LogP contribution >= 0.6 is 0 Å². The molecule has 1 aliphatic rings. The Morgan fingerprint density at radius 1 is 1.00 bits per heavy atom. The SMILES string of the molecule is Cc1ccc(N2COc3c(c(=O)oc4cc(C)ccc34)C2)cc1. The number of hydrogen-bond acceptors (Lipinski definition) is 4. The Hall–Kier alpha value is -2.75. The quantitative estimate of drug-likeness (QED) is 0.642. The van der Waals surface area contributed by atoms with Crippen molar-refractivity contribution in [2.24, 2.45) is 0 Å². The van der Waals surface area contributed by atoms with Crippen molar-refractivity contribution in [3.8, 4) is 5.75 Å². The van der Waals surface area contributed by atoms with Gasteiger partial charge in [0.2, 0.25) is 0 Å².